The van der Waals surface area contributed by atoms with Gasteiger partial charge < -0.3 is 9.84 Å². The molecule has 4 nitrogen and oxygen atoms in total. The summed E-state index contributed by atoms with van der Waals surface area (Å²) in [6, 6.07) is 9.10. The smallest absolute Gasteiger partial charge is 0.420 e. The molecule has 7 heteroatoms. The van der Waals surface area contributed by atoms with E-state index in [2.05, 4.69) is 18.7 Å². The van der Waals surface area contributed by atoms with Crippen LogP contribution in [0.4, 0.5) is 13.2 Å². The van der Waals surface area contributed by atoms with Crippen LogP contribution in [0.3, 0.4) is 0 Å². The minimum atomic E-state index is -4.52. The van der Waals surface area contributed by atoms with E-state index in [1.807, 2.05) is 12.1 Å². The molecule has 2 unspecified atom stereocenters. The van der Waals surface area contributed by atoms with Crippen molar-refractivity contribution < 1.29 is 27.8 Å². The number of carboxylic acid groups (broad SMARTS) is 1. The Morgan fingerprint density at radius 2 is 1.73 bits per heavy atom. The maximum Gasteiger partial charge on any atom is 0.420 e. The average Bonchev–Trinajstić information content (AvgIpc) is 2.84. The number of benzene rings is 2. The lowest BCUT2D eigenvalue weighted by Crippen LogP contribution is -2.54. The van der Waals surface area contributed by atoms with Crippen LogP contribution in [-0.4, -0.2) is 34.2 Å². The molecule has 2 aromatic rings. The molecule has 202 valence electrons. The van der Waals surface area contributed by atoms with Crippen LogP contribution in [0.15, 0.2) is 30.3 Å². The monoisotopic (exact) mass is 517 g/mol. The molecule has 37 heavy (non-hydrogen) atoms. The maximum absolute atomic E-state index is 14.3. The molecule has 2 aliphatic heterocycles. The summed E-state index contributed by atoms with van der Waals surface area (Å²) in [6.07, 6.45) is 4.01. The number of piperidine rings is 2. The molecule has 5 rings (SSSR count). The number of aliphatic carboxylic acids is 1. The fourth-order valence-electron chi connectivity index (χ4n) is 7.20. The van der Waals surface area contributed by atoms with Crippen molar-refractivity contribution in [2.45, 2.75) is 108 Å². The molecule has 2 saturated heterocycles. The molecular weight excluding hydrogens is 479 g/mol. The van der Waals surface area contributed by atoms with Gasteiger partial charge in [-0.1, -0.05) is 38.5 Å². The molecule has 2 bridgehead atoms. The van der Waals surface area contributed by atoms with Crippen LogP contribution in [-0.2, 0) is 11.0 Å². The molecule has 1 aliphatic carbocycles. The van der Waals surface area contributed by atoms with E-state index in [1.54, 1.807) is 12.1 Å². The SMILES string of the molecule is CC[C@H](c1ccc2c(C(F)(F)F)c(OC3CCC(C)CC3)ccc2c1)N1C2CCCC1CC(C(=O)O)C2. The molecule has 2 aromatic carbocycles. The van der Waals surface area contributed by atoms with E-state index >= 15 is 0 Å². The Hall–Kier alpha value is -2.28. The lowest BCUT2D eigenvalue weighted by molar-refractivity contribution is -0.147. The topological polar surface area (TPSA) is 49.8 Å². The molecule has 0 amide bonds. The normalized spacial score (nSPS) is 29.7. The van der Waals surface area contributed by atoms with Crippen LogP contribution in [0.2, 0.25) is 0 Å². The fourth-order valence-corrected chi connectivity index (χ4v) is 7.20. The number of nitrogens with zero attached hydrogens (tertiary/aromatic N) is 1. The van der Waals surface area contributed by atoms with Crippen molar-refractivity contribution in [2.75, 3.05) is 0 Å². The lowest BCUT2D eigenvalue weighted by Gasteiger charge is -2.51. The molecule has 0 aromatic heterocycles. The number of rotatable bonds is 6. The fraction of sp³-hybridized carbons (Fsp3) is 0.633. The van der Waals surface area contributed by atoms with Crippen LogP contribution < -0.4 is 4.74 Å². The van der Waals surface area contributed by atoms with E-state index < -0.39 is 17.7 Å². The quantitative estimate of drug-likeness (QED) is 0.422. The average molecular weight is 518 g/mol. The first-order chi connectivity index (χ1) is 17.7. The summed E-state index contributed by atoms with van der Waals surface area (Å²) in [6.45, 7) is 4.28. The van der Waals surface area contributed by atoms with Crippen LogP contribution in [0, 0.1) is 11.8 Å². The van der Waals surface area contributed by atoms with Crippen molar-refractivity contribution in [2.24, 2.45) is 11.8 Å². The zero-order chi connectivity index (χ0) is 26.3. The number of carboxylic acids is 1. The summed E-state index contributed by atoms with van der Waals surface area (Å²) in [5, 5.41) is 10.4. The third-order valence-corrected chi connectivity index (χ3v) is 9.06. The highest BCUT2D eigenvalue weighted by Gasteiger charge is 2.44. The number of halogens is 3. The van der Waals surface area contributed by atoms with Crippen molar-refractivity contribution in [1.82, 2.24) is 4.90 Å². The van der Waals surface area contributed by atoms with Crippen molar-refractivity contribution in [1.29, 1.82) is 0 Å². The number of alkyl halides is 3. The standard InChI is InChI=1S/C30H38F3NO3/c1-3-26(34-22-5-4-6-23(34)17-21(16-22)29(35)36)20-9-13-25-19(15-20)10-14-27(28(25)30(31,32)33)37-24-11-7-18(2)8-12-24/h9-10,13-15,18,21-24,26H,3-8,11-12,16-17H2,1-2H3,(H,35,36)/t18?,21?,22?,23?,24?,26-/m1/s1. The predicted octanol–water partition coefficient (Wildman–Crippen LogP) is 7.98. The third kappa shape index (κ3) is 5.34. The number of carbonyl (C=O) groups is 1. The van der Waals surface area contributed by atoms with E-state index in [9.17, 15) is 23.1 Å². The lowest BCUT2D eigenvalue weighted by atomic mass is 9.76. The van der Waals surface area contributed by atoms with Crippen LogP contribution in [0.1, 0.15) is 95.2 Å². The van der Waals surface area contributed by atoms with Crippen LogP contribution in [0.25, 0.3) is 10.8 Å². The van der Waals surface area contributed by atoms with E-state index in [1.165, 1.54) is 6.07 Å². The van der Waals surface area contributed by atoms with Gasteiger partial charge in [-0.25, -0.2) is 0 Å². The second kappa shape index (κ2) is 10.5. The number of ether oxygens (including phenoxy) is 1. The summed E-state index contributed by atoms with van der Waals surface area (Å²) >= 11 is 0. The van der Waals surface area contributed by atoms with Gasteiger partial charge in [0.1, 0.15) is 11.3 Å². The maximum atomic E-state index is 14.3. The zero-order valence-electron chi connectivity index (χ0n) is 21.8. The first kappa shape index (κ1) is 26.3. The van der Waals surface area contributed by atoms with Crippen molar-refractivity contribution in [3.8, 4) is 5.75 Å². The summed E-state index contributed by atoms with van der Waals surface area (Å²) in [4.78, 5) is 14.2. The Balaban J connectivity index is 1.46. The summed E-state index contributed by atoms with van der Waals surface area (Å²) in [5.74, 6) is -0.487. The minimum Gasteiger partial charge on any atom is -0.490 e. The minimum absolute atomic E-state index is 0.0592. The van der Waals surface area contributed by atoms with Gasteiger partial charge in [-0.3, -0.25) is 9.69 Å². The van der Waals surface area contributed by atoms with Gasteiger partial charge in [0.2, 0.25) is 0 Å². The van der Waals surface area contributed by atoms with E-state index in [-0.39, 0.29) is 41.3 Å². The second-order valence-electron chi connectivity index (χ2n) is 11.5. The highest BCUT2D eigenvalue weighted by atomic mass is 19.4. The largest absolute Gasteiger partial charge is 0.490 e. The first-order valence-electron chi connectivity index (χ1n) is 14.0. The van der Waals surface area contributed by atoms with Gasteiger partial charge in [0.25, 0.3) is 0 Å². The van der Waals surface area contributed by atoms with Gasteiger partial charge >= 0.3 is 12.1 Å². The van der Waals surface area contributed by atoms with Gasteiger partial charge in [-0.05, 0) is 92.2 Å². The Morgan fingerprint density at radius 3 is 2.32 bits per heavy atom. The molecule has 3 aliphatic rings. The Morgan fingerprint density at radius 1 is 1.05 bits per heavy atom. The number of hydrogen-bond donors (Lipinski definition) is 1. The van der Waals surface area contributed by atoms with Gasteiger partial charge in [0.15, 0.2) is 0 Å². The Labute approximate surface area is 217 Å². The molecule has 1 saturated carbocycles. The van der Waals surface area contributed by atoms with E-state index in [0.717, 1.165) is 56.9 Å². The number of fused-ring (bicyclic) bond motifs is 3. The summed E-state index contributed by atoms with van der Waals surface area (Å²) in [5.41, 5.74) is 0.325. The predicted molar refractivity (Wildman–Crippen MR) is 138 cm³/mol. The van der Waals surface area contributed by atoms with Crippen LogP contribution >= 0.6 is 0 Å². The molecule has 3 atom stereocenters. The van der Waals surface area contributed by atoms with Gasteiger partial charge in [0, 0.05) is 18.1 Å². The van der Waals surface area contributed by atoms with Crippen molar-refractivity contribution in [3.05, 3.63) is 41.5 Å². The molecular formula is C30H38F3NO3. The number of hydrogen-bond acceptors (Lipinski definition) is 3. The summed E-state index contributed by atoms with van der Waals surface area (Å²) in [7, 11) is 0. The Bertz CT molecular complexity index is 1110. The van der Waals surface area contributed by atoms with Crippen molar-refractivity contribution in [3.63, 3.8) is 0 Å². The molecule has 2 heterocycles. The van der Waals surface area contributed by atoms with Crippen LogP contribution in [0.5, 0.6) is 5.75 Å². The molecule has 0 radical (unpaired) electrons. The second-order valence-corrected chi connectivity index (χ2v) is 11.5. The van der Waals surface area contributed by atoms with Crippen molar-refractivity contribution >= 4 is 16.7 Å². The van der Waals surface area contributed by atoms with E-state index in [0.29, 0.717) is 24.1 Å². The first-order valence-corrected chi connectivity index (χ1v) is 14.0. The highest BCUT2D eigenvalue weighted by Crippen LogP contribution is 2.46. The summed E-state index contributed by atoms with van der Waals surface area (Å²) < 4.78 is 49.0. The molecule has 0 spiro atoms. The van der Waals surface area contributed by atoms with Gasteiger partial charge in [0.05, 0.1) is 12.0 Å². The Kier molecular flexibility index (Phi) is 7.45. The highest BCUT2D eigenvalue weighted by molar-refractivity contribution is 5.89. The van der Waals surface area contributed by atoms with E-state index in [4.69, 9.17) is 4.74 Å². The van der Waals surface area contributed by atoms with Gasteiger partial charge in [-0.15, -0.1) is 0 Å². The third-order valence-electron chi connectivity index (χ3n) is 9.06. The zero-order valence-corrected chi connectivity index (χ0v) is 21.8. The molecule has 3 fully saturated rings. The van der Waals surface area contributed by atoms with Gasteiger partial charge in [-0.2, -0.15) is 13.2 Å². The molecule has 1 N–H and O–H groups in total.